The van der Waals surface area contributed by atoms with E-state index in [4.69, 9.17) is 0 Å². The van der Waals surface area contributed by atoms with Crippen molar-refractivity contribution < 1.29 is 17.6 Å². The molecular weight excluding hydrogens is 348 g/mol. The Morgan fingerprint density at radius 1 is 0.846 bits per heavy atom. The van der Waals surface area contributed by atoms with Crippen LogP contribution in [0.4, 0.5) is 17.6 Å². The molecule has 0 saturated heterocycles. The molecule has 0 unspecified atom stereocenters. The van der Waals surface area contributed by atoms with E-state index in [0.29, 0.717) is 22.5 Å². The van der Waals surface area contributed by atoms with Crippen LogP contribution in [-0.2, 0) is 0 Å². The molecule has 3 aromatic rings. The molecule has 0 spiro atoms. The molecule has 1 aliphatic rings. The van der Waals surface area contributed by atoms with Crippen LogP contribution in [0.2, 0.25) is 0 Å². The zero-order valence-electron chi connectivity index (χ0n) is 12.8. The number of rotatable bonds is 1. The molecule has 26 heavy (non-hydrogen) atoms. The van der Waals surface area contributed by atoms with Crippen molar-refractivity contribution in [2.24, 2.45) is 0 Å². The monoisotopic (exact) mass is 354 g/mol. The Hall–Kier alpha value is -3.60. The number of hydrogen-bond donors (Lipinski definition) is 0. The van der Waals surface area contributed by atoms with Gasteiger partial charge in [-0.05, 0) is 12.1 Å². The summed E-state index contributed by atoms with van der Waals surface area (Å²) in [5.41, 5.74) is -0.00611. The summed E-state index contributed by atoms with van der Waals surface area (Å²) in [4.78, 5) is 10.9. The van der Waals surface area contributed by atoms with Gasteiger partial charge in [0.05, 0.1) is 22.5 Å². The lowest BCUT2D eigenvalue weighted by Gasteiger charge is -2.09. The van der Waals surface area contributed by atoms with Gasteiger partial charge in [-0.25, -0.2) is 8.78 Å². The van der Waals surface area contributed by atoms with E-state index in [9.17, 15) is 22.8 Å². The van der Waals surface area contributed by atoms with Gasteiger partial charge in [-0.1, -0.05) is 12.1 Å². The fraction of sp³-hybridized carbons (Fsp3) is 0. The molecule has 0 aromatic carbocycles. The normalized spacial score (nSPS) is 11.7. The number of aromatic nitrogens is 3. The molecule has 0 fully saturated rings. The van der Waals surface area contributed by atoms with Gasteiger partial charge in [-0.2, -0.15) is 19.0 Å². The van der Waals surface area contributed by atoms with Crippen LogP contribution in [0.5, 0.6) is 0 Å². The van der Waals surface area contributed by atoms with Gasteiger partial charge in [-0.3, -0.25) is 9.97 Å². The topological polar surface area (TPSA) is 62.5 Å². The van der Waals surface area contributed by atoms with Crippen LogP contribution in [0.25, 0.3) is 22.5 Å². The first-order valence-corrected chi connectivity index (χ1v) is 7.30. The fourth-order valence-corrected chi connectivity index (χ4v) is 2.95. The zero-order chi connectivity index (χ0) is 18.4. The molecular formula is C18H6F4N4. The van der Waals surface area contributed by atoms with Gasteiger partial charge in [0.1, 0.15) is 6.07 Å². The third-order valence-electron chi connectivity index (χ3n) is 3.99. The summed E-state index contributed by atoms with van der Waals surface area (Å²) < 4.78 is 55.5. The van der Waals surface area contributed by atoms with Crippen LogP contribution in [0.15, 0.2) is 36.7 Å². The van der Waals surface area contributed by atoms with Crippen molar-refractivity contribution in [3.8, 4) is 17.5 Å². The zero-order valence-corrected chi connectivity index (χ0v) is 12.8. The molecule has 0 aliphatic heterocycles. The number of nitriles is 1. The van der Waals surface area contributed by atoms with E-state index < -0.39 is 34.7 Å². The second kappa shape index (κ2) is 5.74. The Bertz CT molecular complexity index is 1070. The minimum Gasteiger partial charge on any atom is -0.254 e. The van der Waals surface area contributed by atoms with Crippen molar-refractivity contribution in [2.45, 2.75) is 0 Å². The minimum absolute atomic E-state index is 0.0986. The molecule has 0 bridgehead atoms. The molecule has 3 aromatic heterocycles. The van der Waals surface area contributed by atoms with Crippen LogP contribution in [0, 0.1) is 34.9 Å². The maximum absolute atomic E-state index is 14.2. The smallest absolute Gasteiger partial charge is 0.252 e. The maximum atomic E-state index is 14.2. The van der Waals surface area contributed by atoms with E-state index >= 15 is 0 Å². The second-order valence-electron chi connectivity index (χ2n) is 5.36. The quantitative estimate of drug-likeness (QED) is 0.296. The molecule has 4 rings (SSSR count). The predicted octanol–water partition coefficient (Wildman–Crippen LogP) is 3.89. The molecule has 0 atom stereocenters. The first-order valence-electron chi connectivity index (χ1n) is 7.30. The first kappa shape index (κ1) is 15.9. The first-order chi connectivity index (χ1) is 12.5. The molecule has 0 amide bonds. The Morgan fingerprint density at radius 2 is 1.35 bits per heavy atom. The molecule has 4 nitrogen and oxygen atoms in total. The molecule has 1 aliphatic carbocycles. The van der Waals surface area contributed by atoms with Gasteiger partial charge in [-0.15, -0.1) is 0 Å². The summed E-state index contributed by atoms with van der Waals surface area (Å²) in [6, 6.07) is 7.97. The third-order valence-corrected chi connectivity index (χ3v) is 3.99. The van der Waals surface area contributed by atoms with Crippen LogP contribution >= 0.6 is 0 Å². The highest BCUT2D eigenvalue weighted by Crippen LogP contribution is 2.45. The summed E-state index contributed by atoms with van der Waals surface area (Å²) >= 11 is 0. The largest absolute Gasteiger partial charge is 0.254 e. The summed E-state index contributed by atoms with van der Waals surface area (Å²) in [6.45, 7) is 0. The molecule has 8 heteroatoms. The highest BCUT2D eigenvalue weighted by atomic mass is 19.2. The summed E-state index contributed by atoms with van der Waals surface area (Å²) in [5, 5.41) is 9.57. The number of nitrogens with zero attached hydrogens (tertiary/aromatic N) is 4. The molecule has 0 saturated carbocycles. The van der Waals surface area contributed by atoms with Gasteiger partial charge in [0.2, 0.25) is 0 Å². The van der Waals surface area contributed by atoms with E-state index in [0.717, 1.165) is 0 Å². The fourth-order valence-electron chi connectivity index (χ4n) is 2.95. The van der Waals surface area contributed by atoms with E-state index in [-0.39, 0.29) is 5.57 Å². The van der Waals surface area contributed by atoms with Gasteiger partial charge in [0, 0.05) is 29.1 Å². The summed E-state index contributed by atoms with van der Waals surface area (Å²) in [5.74, 6) is -7.14. The van der Waals surface area contributed by atoms with Gasteiger partial charge < -0.3 is 0 Å². The second-order valence-corrected chi connectivity index (χ2v) is 5.36. The Morgan fingerprint density at radius 3 is 1.81 bits per heavy atom. The average molecular weight is 354 g/mol. The number of halogens is 4. The number of hydrogen-bond acceptors (Lipinski definition) is 4. The predicted molar refractivity (Wildman–Crippen MR) is 83.1 cm³/mol. The van der Waals surface area contributed by atoms with E-state index in [2.05, 4.69) is 15.0 Å². The van der Waals surface area contributed by atoms with E-state index in [1.807, 2.05) is 0 Å². The highest BCUT2D eigenvalue weighted by Gasteiger charge is 2.32. The van der Waals surface area contributed by atoms with Crippen molar-refractivity contribution in [2.75, 3.05) is 0 Å². The number of fused-ring (bicyclic) bond motifs is 3. The van der Waals surface area contributed by atoms with Gasteiger partial charge in [0.25, 0.3) is 11.9 Å². The third kappa shape index (κ3) is 2.10. The Kier molecular flexibility index (Phi) is 3.51. The molecule has 0 radical (unpaired) electrons. The lowest BCUT2D eigenvalue weighted by molar-refractivity contribution is 0.404. The standard InChI is InChI=1S/C18H6F4N4/c19-13-12(14(20)18(22)26-17(13)21)10(7-23)11-8-3-1-5-24-15(8)16-9(11)4-2-6-25-16/h1-6H. The van der Waals surface area contributed by atoms with Crippen LogP contribution in [0.1, 0.15) is 16.7 Å². The van der Waals surface area contributed by atoms with Crippen molar-refractivity contribution in [1.29, 1.82) is 5.26 Å². The van der Waals surface area contributed by atoms with Crippen LogP contribution in [-0.4, -0.2) is 15.0 Å². The van der Waals surface area contributed by atoms with E-state index in [1.165, 1.54) is 12.4 Å². The van der Waals surface area contributed by atoms with Crippen molar-refractivity contribution in [3.63, 3.8) is 0 Å². The number of allylic oxidation sites excluding steroid dienone is 1. The summed E-state index contributed by atoms with van der Waals surface area (Å²) in [7, 11) is 0. The van der Waals surface area contributed by atoms with Crippen molar-refractivity contribution in [3.05, 3.63) is 76.9 Å². The highest BCUT2D eigenvalue weighted by molar-refractivity contribution is 6.11. The van der Waals surface area contributed by atoms with Crippen LogP contribution < -0.4 is 0 Å². The molecule has 0 N–H and O–H groups in total. The van der Waals surface area contributed by atoms with Gasteiger partial charge >= 0.3 is 0 Å². The Labute approximate surface area is 144 Å². The lowest BCUT2D eigenvalue weighted by Crippen LogP contribution is -2.06. The number of pyridine rings is 3. The van der Waals surface area contributed by atoms with Crippen molar-refractivity contribution in [1.82, 2.24) is 15.0 Å². The van der Waals surface area contributed by atoms with Gasteiger partial charge in [0.15, 0.2) is 11.6 Å². The van der Waals surface area contributed by atoms with Crippen LogP contribution in [0.3, 0.4) is 0 Å². The maximum Gasteiger partial charge on any atom is 0.252 e. The lowest BCUT2D eigenvalue weighted by atomic mass is 9.94. The van der Waals surface area contributed by atoms with Crippen molar-refractivity contribution >= 4 is 11.1 Å². The Balaban J connectivity index is 2.17. The minimum atomic E-state index is -1.83. The average Bonchev–Trinajstić information content (AvgIpc) is 2.98. The molecule has 3 heterocycles. The van der Waals surface area contributed by atoms with E-state index in [1.54, 1.807) is 30.3 Å². The molecule has 126 valence electrons. The SMILES string of the molecule is N#CC(=C1c2cccnc2-c2ncccc21)c1c(F)c(F)nc(F)c1F. The summed E-state index contributed by atoms with van der Waals surface area (Å²) in [6.07, 6.45) is 3.00.